The molecule has 0 radical (unpaired) electrons. The highest BCUT2D eigenvalue weighted by Gasteiger charge is 2.28. The molecule has 32 heavy (non-hydrogen) atoms. The van der Waals surface area contributed by atoms with E-state index in [0.717, 1.165) is 25.8 Å². The van der Waals surface area contributed by atoms with Crippen LogP contribution in [0.5, 0.6) is 5.75 Å². The van der Waals surface area contributed by atoms with Crippen molar-refractivity contribution in [3.8, 4) is 11.6 Å². The first-order valence-corrected chi connectivity index (χ1v) is 10.4. The number of likely N-dealkylation sites (tertiary alicyclic amines) is 1. The average Bonchev–Trinajstić information content (AvgIpc) is 3.38. The zero-order chi connectivity index (χ0) is 22.7. The Morgan fingerprint density at radius 3 is 3.03 bits per heavy atom. The van der Waals surface area contributed by atoms with Gasteiger partial charge in [0.15, 0.2) is 5.69 Å². The monoisotopic (exact) mass is 459 g/mol. The number of nitrogens with two attached hydrogens (primary N) is 1. The van der Waals surface area contributed by atoms with Gasteiger partial charge in [0, 0.05) is 23.2 Å². The smallest absolute Gasteiger partial charge is 0.293 e. The van der Waals surface area contributed by atoms with Gasteiger partial charge in [-0.15, -0.1) is 5.10 Å². The van der Waals surface area contributed by atoms with Gasteiger partial charge in [-0.2, -0.15) is 9.78 Å². The third-order valence-corrected chi connectivity index (χ3v) is 5.56. The van der Waals surface area contributed by atoms with Gasteiger partial charge in [0.05, 0.1) is 11.9 Å². The number of rotatable bonds is 6. The molecule has 0 saturated carbocycles. The number of carbonyl (C=O) groups excluding carboxylic acids is 1. The van der Waals surface area contributed by atoms with E-state index in [1.165, 1.54) is 23.0 Å². The van der Waals surface area contributed by atoms with Crippen LogP contribution in [0.15, 0.2) is 27.9 Å². The molecule has 1 amide bonds. The third-order valence-electron chi connectivity index (χ3n) is 5.33. The summed E-state index contributed by atoms with van der Waals surface area (Å²) in [7, 11) is 0. The number of carbonyl (C=O) groups is 1. The number of nitrogens with one attached hydrogen (secondary N) is 1. The molecule has 12 nitrogen and oxygen atoms in total. The number of benzene rings is 1. The van der Waals surface area contributed by atoms with E-state index in [4.69, 9.17) is 17.3 Å². The lowest BCUT2D eigenvalue weighted by Gasteiger charge is -2.33. The lowest BCUT2D eigenvalue weighted by molar-refractivity contribution is 0.0945. The highest BCUT2D eigenvalue weighted by atomic mass is 35.5. The number of nitrogen functional groups attached to an aromatic ring is 1. The predicted octanol–water partition coefficient (Wildman–Crippen LogP) is 1.73. The number of aromatic nitrogens is 5. The average molecular weight is 460 g/mol. The summed E-state index contributed by atoms with van der Waals surface area (Å²) in [6.07, 6.45) is 4.57. The van der Waals surface area contributed by atoms with Crippen molar-refractivity contribution in [1.29, 1.82) is 0 Å². The second kappa shape index (κ2) is 9.32. The van der Waals surface area contributed by atoms with Crippen LogP contribution in [0.25, 0.3) is 5.82 Å². The molecule has 0 bridgehead atoms. The Kier molecular flexibility index (Phi) is 6.32. The zero-order valence-corrected chi connectivity index (χ0v) is 18.0. The molecule has 1 aromatic carbocycles. The molecule has 13 heteroatoms. The minimum atomic E-state index is -0.580. The predicted molar refractivity (Wildman–Crippen MR) is 116 cm³/mol. The Morgan fingerprint density at radius 2 is 2.28 bits per heavy atom. The molecule has 3 aromatic rings. The highest BCUT2D eigenvalue weighted by molar-refractivity contribution is 6.30. The number of phenols is 1. The molecule has 1 unspecified atom stereocenters. The van der Waals surface area contributed by atoms with E-state index in [1.54, 1.807) is 6.07 Å². The minimum Gasteiger partial charge on any atom is -0.507 e. The maximum atomic E-state index is 12.9. The van der Waals surface area contributed by atoms with E-state index in [2.05, 4.69) is 47.6 Å². The van der Waals surface area contributed by atoms with Crippen LogP contribution in [0, 0.1) is 0 Å². The van der Waals surface area contributed by atoms with Crippen molar-refractivity contribution in [2.45, 2.75) is 38.8 Å². The molecule has 4 rings (SSSR count). The number of halogens is 1. The Balaban J connectivity index is 1.60. The van der Waals surface area contributed by atoms with E-state index >= 15 is 0 Å². The molecule has 4 N–H and O–H groups in total. The number of amides is 1. The molecule has 0 aliphatic carbocycles. The lowest BCUT2D eigenvalue weighted by Crippen LogP contribution is -2.38. The molecule has 0 spiro atoms. The first kappa shape index (κ1) is 21.7. The van der Waals surface area contributed by atoms with Crippen molar-refractivity contribution in [2.75, 3.05) is 12.3 Å². The van der Waals surface area contributed by atoms with Crippen LogP contribution in [0.2, 0.25) is 5.02 Å². The number of hydrazone groups is 1. The summed E-state index contributed by atoms with van der Waals surface area (Å²) in [5.74, 6) is -0.413. The summed E-state index contributed by atoms with van der Waals surface area (Å²) in [4.78, 5) is 15.1. The third kappa shape index (κ3) is 4.55. The van der Waals surface area contributed by atoms with Crippen LogP contribution in [0.4, 0.5) is 5.82 Å². The molecular formula is C19H22ClN9O3. The fourth-order valence-electron chi connectivity index (χ4n) is 3.55. The first-order chi connectivity index (χ1) is 15.4. The van der Waals surface area contributed by atoms with Crippen molar-refractivity contribution >= 4 is 29.5 Å². The van der Waals surface area contributed by atoms with Crippen LogP contribution in [0.1, 0.15) is 47.9 Å². The SMILES string of the molecule is CC1CCCCN1Cc1c(C(=O)N/N=C/c2cc(Cl)ccc2O)nnn1-c1nonc1N. The molecule has 168 valence electrons. The second-order valence-electron chi connectivity index (χ2n) is 7.49. The van der Waals surface area contributed by atoms with Gasteiger partial charge in [-0.05, 0) is 54.8 Å². The number of aromatic hydroxyl groups is 1. The van der Waals surface area contributed by atoms with Crippen LogP contribution >= 0.6 is 11.6 Å². The van der Waals surface area contributed by atoms with Crippen molar-refractivity contribution in [3.05, 3.63) is 40.2 Å². The molecule has 2 aromatic heterocycles. The Labute approximate surface area is 188 Å². The van der Waals surface area contributed by atoms with Crippen LogP contribution in [-0.4, -0.2) is 60.0 Å². The summed E-state index contributed by atoms with van der Waals surface area (Å²) in [5.41, 5.74) is 9.14. The van der Waals surface area contributed by atoms with Gasteiger partial charge in [0.1, 0.15) is 5.75 Å². The number of hydrogen-bond donors (Lipinski definition) is 3. The van der Waals surface area contributed by atoms with Gasteiger partial charge in [0.25, 0.3) is 5.91 Å². The van der Waals surface area contributed by atoms with Crippen LogP contribution in [0.3, 0.4) is 0 Å². The molecule has 1 saturated heterocycles. The van der Waals surface area contributed by atoms with Gasteiger partial charge >= 0.3 is 0 Å². The van der Waals surface area contributed by atoms with Crippen LogP contribution < -0.4 is 11.2 Å². The van der Waals surface area contributed by atoms with Gasteiger partial charge in [-0.25, -0.2) is 10.1 Å². The second-order valence-corrected chi connectivity index (χ2v) is 7.92. The summed E-state index contributed by atoms with van der Waals surface area (Å²) in [6.45, 7) is 3.43. The summed E-state index contributed by atoms with van der Waals surface area (Å²) >= 11 is 5.93. The summed E-state index contributed by atoms with van der Waals surface area (Å²) in [6, 6.07) is 4.83. The quantitative estimate of drug-likeness (QED) is 0.368. The minimum absolute atomic E-state index is 0.0212. The Bertz CT molecular complexity index is 1140. The van der Waals surface area contributed by atoms with E-state index in [-0.39, 0.29) is 23.1 Å². The molecular weight excluding hydrogens is 438 g/mol. The fraction of sp³-hybridized carbons (Fsp3) is 0.368. The maximum absolute atomic E-state index is 12.9. The first-order valence-electron chi connectivity index (χ1n) is 10.0. The maximum Gasteiger partial charge on any atom is 0.293 e. The Morgan fingerprint density at radius 1 is 1.44 bits per heavy atom. The molecule has 1 aliphatic rings. The lowest BCUT2D eigenvalue weighted by atomic mass is 10.0. The number of phenolic OH excluding ortho intramolecular Hbond substituents is 1. The zero-order valence-electron chi connectivity index (χ0n) is 17.3. The number of piperidine rings is 1. The van der Waals surface area contributed by atoms with E-state index in [9.17, 15) is 9.90 Å². The summed E-state index contributed by atoms with van der Waals surface area (Å²) in [5, 5.41) is 29.6. The largest absolute Gasteiger partial charge is 0.507 e. The molecule has 3 heterocycles. The van der Waals surface area contributed by atoms with E-state index in [1.807, 2.05) is 0 Å². The molecule has 1 atom stereocenters. The topological polar surface area (TPSA) is 161 Å². The van der Waals surface area contributed by atoms with Gasteiger partial charge < -0.3 is 10.8 Å². The normalized spacial score (nSPS) is 17.1. The fourth-order valence-corrected chi connectivity index (χ4v) is 3.74. The van der Waals surface area contributed by atoms with Crippen molar-refractivity contribution in [1.82, 2.24) is 35.6 Å². The standard InChI is InChI=1S/C19H22ClN9O3/c1-11-4-2-3-7-28(11)10-14-16(23-27-29(14)18-17(21)25-32-26-18)19(31)24-22-9-12-8-13(20)5-6-15(12)30/h5-6,8-9,11,30H,2-4,7,10H2,1H3,(H2,21,25)(H,24,31)/b22-9+. The number of hydrogen-bond acceptors (Lipinski definition) is 10. The van der Waals surface area contributed by atoms with Crippen molar-refractivity contribution in [2.24, 2.45) is 5.10 Å². The van der Waals surface area contributed by atoms with E-state index in [0.29, 0.717) is 28.9 Å². The van der Waals surface area contributed by atoms with Crippen molar-refractivity contribution < 1.29 is 14.5 Å². The van der Waals surface area contributed by atoms with E-state index < -0.39 is 5.91 Å². The van der Waals surface area contributed by atoms with Crippen molar-refractivity contribution in [3.63, 3.8) is 0 Å². The number of anilines is 1. The van der Waals surface area contributed by atoms with Gasteiger partial charge in [-0.3, -0.25) is 9.69 Å². The molecule has 1 fully saturated rings. The summed E-state index contributed by atoms with van der Waals surface area (Å²) < 4.78 is 6.04. The highest BCUT2D eigenvalue weighted by Crippen LogP contribution is 2.23. The number of nitrogens with zero attached hydrogens (tertiary/aromatic N) is 7. The van der Waals surface area contributed by atoms with Gasteiger partial charge in [0.2, 0.25) is 11.6 Å². The van der Waals surface area contributed by atoms with Gasteiger partial charge in [-0.1, -0.05) is 23.2 Å². The molecule has 1 aliphatic heterocycles. The Hall–Kier alpha value is -3.51. The van der Waals surface area contributed by atoms with Crippen LogP contribution in [-0.2, 0) is 6.54 Å².